The lowest BCUT2D eigenvalue weighted by atomic mass is 9.98. The van der Waals surface area contributed by atoms with Crippen molar-refractivity contribution in [2.24, 2.45) is 5.92 Å². The minimum atomic E-state index is -0.495. The minimum Gasteiger partial charge on any atom is -0.384 e. The van der Waals surface area contributed by atoms with Gasteiger partial charge in [-0.05, 0) is 40.8 Å². The largest absolute Gasteiger partial charge is 0.384 e. The highest BCUT2D eigenvalue weighted by Crippen LogP contribution is 2.30. The first-order valence-corrected chi connectivity index (χ1v) is 7.55. The van der Waals surface area contributed by atoms with Crippen LogP contribution >= 0.6 is 15.9 Å². The number of nitro benzene ring substituents is 1. The van der Waals surface area contributed by atoms with E-state index in [1.807, 2.05) is 0 Å². The first kappa shape index (κ1) is 15.9. The molecule has 21 heavy (non-hydrogen) atoms. The van der Waals surface area contributed by atoms with Gasteiger partial charge in [0.1, 0.15) is 4.47 Å². The van der Waals surface area contributed by atoms with E-state index in [4.69, 9.17) is 4.74 Å². The maximum absolute atomic E-state index is 12.6. The van der Waals surface area contributed by atoms with Gasteiger partial charge in [-0.15, -0.1) is 0 Å². The van der Waals surface area contributed by atoms with Crippen LogP contribution in [0.2, 0.25) is 0 Å². The Balaban J connectivity index is 2.20. The maximum Gasteiger partial charge on any atom is 0.284 e. The predicted molar refractivity (Wildman–Crippen MR) is 81.3 cm³/mol. The van der Waals surface area contributed by atoms with Crippen molar-refractivity contribution < 1.29 is 14.5 Å². The fourth-order valence-electron chi connectivity index (χ4n) is 2.62. The topological polar surface area (TPSA) is 72.7 Å². The van der Waals surface area contributed by atoms with Gasteiger partial charge in [-0.25, -0.2) is 0 Å². The van der Waals surface area contributed by atoms with Crippen LogP contribution < -0.4 is 0 Å². The van der Waals surface area contributed by atoms with Gasteiger partial charge < -0.3 is 9.64 Å². The second-order valence-corrected chi connectivity index (χ2v) is 5.90. The van der Waals surface area contributed by atoms with Crippen LogP contribution in [0.4, 0.5) is 5.69 Å². The number of halogens is 1. The van der Waals surface area contributed by atoms with E-state index in [0.29, 0.717) is 31.2 Å². The zero-order valence-electron chi connectivity index (χ0n) is 11.8. The summed E-state index contributed by atoms with van der Waals surface area (Å²) in [5.74, 6) is 0.150. The lowest BCUT2D eigenvalue weighted by molar-refractivity contribution is -0.385. The van der Waals surface area contributed by atoms with Gasteiger partial charge in [-0.1, -0.05) is 6.07 Å². The maximum atomic E-state index is 12.6. The number of carbonyl (C=O) groups is 1. The van der Waals surface area contributed by atoms with Crippen molar-refractivity contribution in [3.05, 3.63) is 38.3 Å². The third kappa shape index (κ3) is 3.59. The number of rotatable bonds is 4. The van der Waals surface area contributed by atoms with Gasteiger partial charge in [0.25, 0.3) is 11.6 Å². The summed E-state index contributed by atoms with van der Waals surface area (Å²) in [7, 11) is 1.65. The summed E-state index contributed by atoms with van der Waals surface area (Å²) in [4.78, 5) is 24.8. The van der Waals surface area contributed by atoms with Gasteiger partial charge in [0.05, 0.1) is 17.1 Å². The molecule has 6 nitrogen and oxygen atoms in total. The molecule has 1 unspecified atom stereocenters. The lowest BCUT2D eigenvalue weighted by Crippen LogP contribution is -2.41. The van der Waals surface area contributed by atoms with E-state index in [-0.39, 0.29) is 16.1 Å². The van der Waals surface area contributed by atoms with E-state index < -0.39 is 4.92 Å². The SMILES string of the molecule is COCC1CCCN(C(=O)c2cccc([N+](=O)[O-])c2Br)C1. The number of amides is 1. The van der Waals surface area contributed by atoms with Crippen LogP contribution in [0, 0.1) is 16.0 Å². The third-order valence-electron chi connectivity index (χ3n) is 3.61. The Morgan fingerprint density at radius 1 is 1.57 bits per heavy atom. The van der Waals surface area contributed by atoms with Crippen LogP contribution in [0.1, 0.15) is 23.2 Å². The van der Waals surface area contributed by atoms with Crippen LogP contribution in [-0.2, 0) is 4.74 Å². The lowest BCUT2D eigenvalue weighted by Gasteiger charge is -2.32. The van der Waals surface area contributed by atoms with Crippen molar-refractivity contribution in [3.63, 3.8) is 0 Å². The summed E-state index contributed by atoms with van der Waals surface area (Å²) in [6.45, 7) is 1.93. The average Bonchev–Trinajstić information content (AvgIpc) is 2.47. The molecule has 7 heteroatoms. The van der Waals surface area contributed by atoms with Crippen molar-refractivity contribution in [2.45, 2.75) is 12.8 Å². The summed E-state index contributed by atoms with van der Waals surface area (Å²) in [6, 6.07) is 4.52. The molecule has 0 bridgehead atoms. The number of nitrogens with zero attached hydrogens (tertiary/aromatic N) is 2. The molecule has 1 heterocycles. The van der Waals surface area contributed by atoms with Crippen molar-refractivity contribution in [2.75, 3.05) is 26.8 Å². The van der Waals surface area contributed by atoms with E-state index in [2.05, 4.69) is 15.9 Å². The van der Waals surface area contributed by atoms with Crippen LogP contribution in [0.3, 0.4) is 0 Å². The molecule has 0 aliphatic carbocycles. The highest BCUT2D eigenvalue weighted by molar-refractivity contribution is 9.10. The van der Waals surface area contributed by atoms with E-state index >= 15 is 0 Å². The fourth-order valence-corrected chi connectivity index (χ4v) is 3.20. The number of carbonyl (C=O) groups excluding carboxylic acids is 1. The van der Waals surface area contributed by atoms with Gasteiger partial charge >= 0.3 is 0 Å². The molecule has 0 spiro atoms. The molecule has 0 radical (unpaired) electrons. The minimum absolute atomic E-state index is 0.0914. The van der Waals surface area contributed by atoms with E-state index in [9.17, 15) is 14.9 Å². The summed E-state index contributed by atoms with van der Waals surface area (Å²) >= 11 is 3.18. The van der Waals surface area contributed by atoms with Gasteiger partial charge in [0.2, 0.25) is 0 Å². The number of hydrogen-bond donors (Lipinski definition) is 0. The Kier molecular flexibility index (Phi) is 5.30. The molecule has 2 rings (SSSR count). The van der Waals surface area contributed by atoms with Crippen LogP contribution in [-0.4, -0.2) is 42.5 Å². The number of nitro groups is 1. The molecular weight excluding hydrogens is 340 g/mol. The molecule has 1 aromatic rings. The number of likely N-dealkylation sites (tertiary alicyclic amines) is 1. The fraction of sp³-hybridized carbons (Fsp3) is 0.500. The Labute approximate surface area is 131 Å². The predicted octanol–water partition coefficient (Wildman–Crippen LogP) is 2.86. The van der Waals surface area contributed by atoms with Crippen molar-refractivity contribution in [1.29, 1.82) is 0 Å². The number of piperidine rings is 1. The Hall–Kier alpha value is -1.47. The van der Waals surface area contributed by atoms with Crippen molar-refractivity contribution >= 4 is 27.5 Å². The number of ether oxygens (including phenoxy) is 1. The zero-order chi connectivity index (χ0) is 15.4. The van der Waals surface area contributed by atoms with E-state index in [1.165, 1.54) is 12.1 Å². The molecule has 0 N–H and O–H groups in total. The van der Waals surface area contributed by atoms with Gasteiger partial charge in [-0.3, -0.25) is 14.9 Å². The molecule has 1 amide bonds. The molecule has 114 valence electrons. The molecule has 1 fully saturated rings. The second kappa shape index (κ2) is 7.00. The first-order chi connectivity index (χ1) is 10.0. The molecule has 1 aliphatic heterocycles. The van der Waals surface area contributed by atoms with Crippen LogP contribution in [0.5, 0.6) is 0 Å². The van der Waals surface area contributed by atoms with E-state index in [1.54, 1.807) is 18.1 Å². The van der Waals surface area contributed by atoms with Crippen LogP contribution in [0.25, 0.3) is 0 Å². The Morgan fingerprint density at radius 3 is 3.00 bits per heavy atom. The standard InChI is InChI=1S/C14H17BrN2O4/c1-21-9-10-4-3-7-16(8-10)14(18)11-5-2-6-12(13(11)15)17(19)20/h2,5-6,10H,3-4,7-9H2,1H3. The smallest absolute Gasteiger partial charge is 0.284 e. The van der Waals surface area contributed by atoms with Gasteiger partial charge in [0, 0.05) is 26.3 Å². The molecule has 1 saturated heterocycles. The summed E-state index contributed by atoms with van der Waals surface area (Å²) in [5.41, 5.74) is 0.244. The summed E-state index contributed by atoms with van der Waals surface area (Å²) < 4.78 is 5.40. The zero-order valence-corrected chi connectivity index (χ0v) is 13.3. The number of methoxy groups -OCH3 is 1. The number of benzene rings is 1. The molecule has 1 atom stereocenters. The highest BCUT2D eigenvalue weighted by Gasteiger charge is 2.27. The average molecular weight is 357 g/mol. The normalized spacial score (nSPS) is 18.6. The monoisotopic (exact) mass is 356 g/mol. The molecule has 1 aliphatic rings. The molecular formula is C14H17BrN2O4. The third-order valence-corrected chi connectivity index (χ3v) is 4.45. The van der Waals surface area contributed by atoms with Crippen LogP contribution in [0.15, 0.2) is 22.7 Å². The van der Waals surface area contributed by atoms with Gasteiger partial charge in [-0.2, -0.15) is 0 Å². The molecule has 0 aromatic heterocycles. The first-order valence-electron chi connectivity index (χ1n) is 6.75. The molecule has 0 saturated carbocycles. The Bertz CT molecular complexity index is 548. The summed E-state index contributed by atoms with van der Waals surface area (Å²) in [5, 5.41) is 10.9. The number of hydrogen-bond acceptors (Lipinski definition) is 4. The molecule has 1 aromatic carbocycles. The second-order valence-electron chi connectivity index (χ2n) is 5.11. The van der Waals surface area contributed by atoms with Crippen molar-refractivity contribution in [1.82, 2.24) is 4.90 Å². The summed E-state index contributed by atoms with van der Waals surface area (Å²) in [6.07, 6.45) is 1.96. The quantitative estimate of drug-likeness (QED) is 0.614. The highest BCUT2D eigenvalue weighted by atomic mass is 79.9. The Morgan fingerprint density at radius 2 is 2.33 bits per heavy atom. The van der Waals surface area contributed by atoms with E-state index in [0.717, 1.165) is 12.8 Å². The van der Waals surface area contributed by atoms with Gasteiger partial charge in [0.15, 0.2) is 0 Å². The van der Waals surface area contributed by atoms with Crippen molar-refractivity contribution in [3.8, 4) is 0 Å².